The van der Waals surface area contributed by atoms with Crippen LogP contribution in [-0.2, 0) is 6.11 Å². The van der Waals surface area contributed by atoms with Crippen LogP contribution in [0.15, 0.2) is 30.3 Å². The third kappa shape index (κ3) is 4.85. The van der Waals surface area contributed by atoms with E-state index in [0.29, 0.717) is 24.8 Å². The Bertz CT molecular complexity index is 1010. The van der Waals surface area contributed by atoms with Crippen molar-refractivity contribution >= 4 is 0 Å². The molecule has 1 N–H and O–H groups in total. The van der Waals surface area contributed by atoms with Crippen LogP contribution in [0.3, 0.4) is 0 Å². The first-order chi connectivity index (χ1) is 15.5. The maximum atomic E-state index is 14.7. The first-order valence-electron chi connectivity index (χ1n) is 10.6. The van der Waals surface area contributed by atoms with E-state index < -0.39 is 58.9 Å². The maximum Gasteiger partial charge on any atom is 0.586 e. The Hall–Kier alpha value is -2.62. The molecule has 1 aliphatic heterocycles. The van der Waals surface area contributed by atoms with Crippen LogP contribution in [0.25, 0.3) is 0 Å². The number of fused-ring (bicyclic) bond motifs is 1. The molecule has 2 aromatic rings. The van der Waals surface area contributed by atoms with Crippen molar-refractivity contribution in [1.29, 1.82) is 0 Å². The lowest BCUT2D eigenvalue weighted by molar-refractivity contribution is -0.286. The van der Waals surface area contributed by atoms with Crippen molar-refractivity contribution in [3.05, 3.63) is 53.1 Å². The van der Waals surface area contributed by atoms with Gasteiger partial charge in [-0.05, 0) is 55.0 Å². The van der Waals surface area contributed by atoms with E-state index in [9.17, 15) is 31.4 Å². The predicted molar refractivity (Wildman–Crippen MR) is 105 cm³/mol. The van der Waals surface area contributed by atoms with Crippen LogP contribution in [0.2, 0.25) is 0 Å². The van der Waals surface area contributed by atoms with Gasteiger partial charge in [-0.25, -0.2) is 8.78 Å². The lowest BCUT2D eigenvalue weighted by Crippen LogP contribution is -2.29. The molecule has 0 amide bonds. The van der Waals surface area contributed by atoms with Crippen LogP contribution in [0.1, 0.15) is 56.1 Å². The third-order valence-corrected chi connectivity index (χ3v) is 6.02. The molecule has 1 heterocycles. The third-order valence-electron chi connectivity index (χ3n) is 6.02. The molecule has 2 aromatic carbocycles. The number of ether oxygens (including phenoxy) is 3. The second-order valence-electron chi connectivity index (χ2n) is 8.40. The average Bonchev–Trinajstić information content (AvgIpc) is 3.00. The van der Waals surface area contributed by atoms with E-state index in [-0.39, 0.29) is 5.56 Å². The summed E-state index contributed by atoms with van der Waals surface area (Å²) < 4.78 is 97.7. The molecule has 1 saturated carbocycles. The number of rotatable bonds is 6. The molecule has 0 aromatic heterocycles. The van der Waals surface area contributed by atoms with Gasteiger partial charge in [0.15, 0.2) is 11.5 Å². The van der Waals surface area contributed by atoms with Crippen molar-refractivity contribution in [2.75, 3.05) is 0 Å². The molecule has 0 saturated heterocycles. The van der Waals surface area contributed by atoms with Crippen molar-refractivity contribution in [1.82, 2.24) is 0 Å². The molecule has 0 bridgehead atoms. The van der Waals surface area contributed by atoms with Crippen LogP contribution < -0.4 is 14.2 Å². The highest BCUT2D eigenvalue weighted by Crippen LogP contribution is 2.45. The first kappa shape index (κ1) is 23.5. The second-order valence-corrected chi connectivity index (χ2v) is 8.40. The maximum absolute atomic E-state index is 14.7. The second kappa shape index (κ2) is 8.62. The van der Waals surface area contributed by atoms with Gasteiger partial charge < -0.3 is 19.3 Å². The van der Waals surface area contributed by atoms with Gasteiger partial charge >= 0.3 is 12.4 Å². The van der Waals surface area contributed by atoms with Gasteiger partial charge in [0.1, 0.15) is 22.9 Å². The molecule has 1 aliphatic carbocycles. The van der Waals surface area contributed by atoms with Gasteiger partial charge in [-0.3, -0.25) is 0 Å². The van der Waals surface area contributed by atoms with Crippen LogP contribution in [0, 0.1) is 17.6 Å². The summed E-state index contributed by atoms with van der Waals surface area (Å²) in [4.78, 5) is 0. The minimum Gasteiger partial charge on any atom is -0.429 e. The van der Waals surface area contributed by atoms with E-state index in [4.69, 9.17) is 0 Å². The van der Waals surface area contributed by atoms with Crippen molar-refractivity contribution in [3.8, 4) is 17.2 Å². The lowest BCUT2D eigenvalue weighted by Gasteiger charge is -2.33. The molecule has 2 aliphatic rings. The van der Waals surface area contributed by atoms with E-state index in [2.05, 4.69) is 14.2 Å². The summed E-state index contributed by atoms with van der Waals surface area (Å²) in [5, 5.41) is 10.4. The number of alkyl halides is 4. The highest BCUT2D eigenvalue weighted by Gasteiger charge is 2.45. The van der Waals surface area contributed by atoms with Gasteiger partial charge in [0, 0.05) is 12.0 Å². The molecule has 1 fully saturated rings. The Morgan fingerprint density at radius 3 is 2.36 bits per heavy atom. The van der Waals surface area contributed by atoms with Gasteiger partial charge in [0.25, 0.3) is 0 Å². The zero-order valence-electron chi connectivity index (χ0n) is 17.6. The number of aliphatic hydroxyl groups is 1. The predicted octanol–water partition coefficient (Wildman–Crippen LogP) is 6.46. The summed E-state index contributed by atoms with van der Waals surface area (Å²) in [6, 6.07) is 4.06. The van der Waals surface area contributed by atoms with Crippen molar-refractivity contribution in [2.45, 2.75) is 63.5 Å². The zero-order chi connectivity index (χ0) is 24.0. The molecule has 3 atom stereocenters. The van der Waals surface area contributed by atoms with E-state index >= 15 is 0 Å². The molecular weight excluding hydrogens is 454 g/mol. The van der Waals surface area contributed by atoms with Crippen molar-refractivity contribution < 1.29 is 45.7 Å². The topological polar surface area (TPSA) is 47.9 Å². The highest BCUT2D eigenvalue weighted by molar-refractivity contribution is 5.47. The smallest absolute Gasteiger partial charge is 0.429 e. The highest BCUT2D eigenvalue weighted by atomic mass is 19.3. The fourth-order valence-corrected chi connectivity index (χ4v) is 4.57. The Morgan fingerprint density at radius 2 is 1.73 bits per heavy atom. The molecule has 33 heavy (non-hydrogen) atoms. The minimum atomic E-state index is -4.46. The summed E-state index contributed by atoms with van der Waals surface area (Å²) in [7, 11) is 0. The summed E-state index contributed by atoms with van der Waals surface area (Å²) in [6.07, 6.45) is -5.62. The van der Waals surface area contributed by atoms with Gasteiger partial charge in [0.05, 0.1) is 6.10 Å². The number of benzene rings is 2. The number of hydrogen-bond acceptors (Lipinski definition) is 4. The molecule has 10 heteroatoms. The molecule has 4 rings (SSSR count). The van der Waals surface area contributed by atoms with Gasteiger partial charge in [0.2, 0.25) is 0 Å². The Balaban J connectivity index is 1.54. The van der Waals surface area contributed by atoms with Gasteiger partial charge in [-0.2, -0.15) is 8.78 Å². The van der Waals surface area contributed by atoms with Crippen LogP contribution in [-0.4, -0.2) is 17.5 Å². The molecule has 3 unspecified atom stereocenters. The summed E-state index contributed by atoms with van der Waals surface area (Å²) in [5.74, 6) is -4.94. The summed E-state index contributed by atoms with van der Waals surface area (Å²) in [6.45, 7) is 2.03. The summed E-state index contributed by atoms with van der Waals surface area (Å²) >= 11 is 0. The monoisotopic (exact) mass is 476 g/mol. The Kier molecular flexibility index (Phi) is 6.15. The SMILES string of the molecule is CCCC1CCC(c2cc(F)c(C(F)(F)Oc3ccc4c(c3)OC(F)(F)O4)c(F)c2)C(O)C1. The quantitative estimate of drug-likeness (QED) is 0.486. The average molecular weight is 476 g/mol. The standard InChI is InChI=1S/C23H22F6O4/c1-2-3-12-4-6-15(18(30)8-12)13-9-16(24)21(17(25)10-13)22(26,27)31-14-5-7-19-20(11-14)33-23(28,29)32-19/h5,7,9-12,15,18,30H,2-4,6,8H2,1H3. The van der Waals surface area contributed by atoms with E-state index in [1.807, 2.05) is 6.92 Å². The van der Waals surface area contributed by atoms with Crippen LogP contribution in [0.5, 0.6) is 17.2 Å². The Labute approximate surface area is 186 Å². The number of halogens is 6. The molecular formula is C23H22F6O4. The number of aliphatic hydroxyl groups excluding tert-OH is 1. The Morgan fingerprint density at radius 1 is 1.06 bits per heavy atom. The fraction of sp³-hybridized carbons (Fsp3) is 0.478. The van der Waals surface area contributed by atoms with E-state index in [0.717, 1.165) is 43.5 Å². The van der Waals surface area contributed by atoms with E-state index in [1.54, 1.807) is 0 Å². The lowest BCUT2D eigenvalue weighted by atomic mass is 9.75. The van der Waals surface area contributed by atoms with Crippen LogP contribution in [0.4, 0.5) is 26.3 Å². The number of hydrogen-bond donors (Lipinski definition) is 1. The molecule has 0 radical (unpaired) electrons. The van der Waals surface area contributed by atoms with E-state index in [1.165, 1.54) is 0 Å². The normalized spacial score (nSPS) is 24.1. The van der Waals surface area contributed by atoms with Crippen molar-refractivity contribution in [3.63, 3.8) is 0 Å². The molecule has 4 nitrogen and oxygen atoms in total. The zero-order valence-corrected chi connectivity index (χ0v) is 17.6. The van der Waals surface area contributed by atoms with Gasteiger partial charge in [-0.15, -0.1) is 8.78 Å². The van der Waals surface area contributed by atoms with Gasteiger partial charge in [-0.1, -0.05) is 19.8 Å². The van der Waals surface area contributed by atoms with Crippen LogP contribution >= 0.6 is 0 Å². The summed E-state index contributed by atoms with van der Waals surface area (Å²) in [5.41, 5.74) is -1.53. The first-order valence-corrected chi connectivity index (χ1v) is 10.6. The largest absolute Gasteiger partial charge is 0.586 e. The van der Waals surface area contributed by atoms with Crippen molar-refractivity contribution in [2.24, 2.45) is 5.92 Å². The molecule has 0 spiro atoms. The minimum absolute atomic E-state index is 0.0947. The fourth-order valence-electron chi connectivity index (χ4n) is 4.57. The molecule has 180 valence electrons.